The van der Waals surface area contributed by atoms with Crippen molar-refractivity contribution in [3.05, 3.63) is 42.7 Å². The lowest BCUT2D eigenvalue weighted by atomic mass is 10.2. The summed E-state index contributed by atoms with van der Waals surface area (Å²) in [7, 11) is 0. The average molecular weight is 288 g/mol. The summed E-state index contributed by atoms with van der Waals surface area (Å²) in [4.78, 5) is 30.1. The van der Waals surface area contributed by atoms with Crippen molar-refractivity contribution in [3.63, 3.8) is 0 Å². The smallest absolute Gasteiger partial charge is 0.407 e. The first kappa shape index (κ1) is 14.6. The third kappa shape index (κ3) is 4.07. The molecule has 110 valence electrons. The topological polar surface area (TPSA) is 96.1 Å². The van der Waals surface area contributed by atoms with Gasteiger partial charge >= 0.3 is 6.09 Å². The Morgan fingerprint density at radius 2 is 2.14 bits per heavy atom. The number of alkyl carbamates (subject to hydrolysis) is 1. The van der Waals surface area contributed by atoms with Crippen molar-refractivity contribution in [1.29, 1.82) is 0 Å². The van der Waals surface area contributed by atoms with Crippen molar-refractivity contribution in [2.24, 2.45) is 0 Å². The number of carbonyl (C=O) groups is 2. The van der Waals surface area contributed by atoms with Gasteiger partial charge in [0.15, 0.2) is 0 Å². The highest BCUT2D eigenvalue weighted by molar-refractivity contribution is 5.97. The maximum atomic E-state index is 11.9. The molecule has 2 rings (SSSR count). The minimum Gasteiger partial charge on any atom is -0.445 e. The Morgan fingerprint density at radius 1 is 1.33 bits per heavy atom. The third-order valence-electron chi connectivity index (χ3n) is 2.69. The van der Waals surface area contributed by atoms with Gasteiger partial charge in [-0.3, -0.25) is 4.79 Å². The number of hydrogen-bond acceptors (Lipinski definition) is 4. The molecule has 0 atom stereocenters. The molecule has 0 unspecified atom stereocenters. The fourth-order valence-electron chi connectivity index (χ4n) is 1.71. The number of nitrogens with one attached hydrogen (secondary N) is 3. The molecule has 7 nitrogen and oxygen atoms in total. The predicted molar refractivity (Wildman–Crippen MR) is 78.0 cm³/mol. The van der Waals surface area contributed by atoms with E-state index >= 15 is 0 Å². The number of rotatable bonds is 6. The first-order valence-corrected chi connectivity index (χ1v) is 6.43. The second kappa shape index (κ2) is 7.09. The molecular weight excluding hydrogens is 272 g/mol. The quantitative estimate of drug-likeness (QED) is 0.550. The Bertz CT molecular complexity index is 650. The number of fused-ring (bicyclic) bond motifs is 1. The van der Waals surface area contributed by atoms with Gasteiger partial charge in [0.25, 0.3) is 5.91 Å². The summed E-state index contributed by atoms with van der Waals surface area (Å²) in [5, 5.41) is 5.21. The Kier molecular flexibility index (Phi) is 4.92. The van der Waals surface area contributed by atoms with Gasteiger partial charge in [-0.25, -0.2) is 9.78 Å². The van der Waals surface area contributed by atoms with E-state index in [2.05, 4.69) is 27.2 Å². The maximum absolute atomic E-state index is 11.9. The van der Waals surface area contributed by atoms with Crippen LogP contribution < -0.4 is 10.6 Å². The lowest BCUT2D eigenvalue weighted by molar-refractivity contribution is 0.0952. The largest absolute Gasteiger partial charge is 0.445 e. The summed E-state index contributed by atoms with van der Waals surface area (Å²) in [6.45, 7) is 4.18. The predicted octanol–water partition coefficient (Wildman–Crippen LogP) is 1.20. The summed E-state index contributed by atoms with van der Waals surface area (Å²) >= 11 is 0. The summed E-state index contributed by atoms with van der Waals surface area (Å²) in [5.74, 6) is -0.215. The number of nitrogens with zero attached hydrogens (tertiary/aromatic N) is 1. The number of H-pyrrole nitrogens is 1. The minimum atomic E-state index is -0.539. The lowest BCUT2D eigenvalue weighted by Crippen LogP contribution is -2.35. The zero-order valence-corrected chi connectivity index (χ0v) is 11.4. The third-order valence-corrected chi connectivity index (χ3v) is 2.69. The highest BCUT2D eigenvalue weighted by atomic mass is 16.5. The average Bonchev–Trinajstić information content (AvgIpc) is 2.96. The van der Waals surface area contributed by atoms with Crippen molar-refractivity contribution < 1.29 is 14.3 Å². The monoisotopic (exact) mass is 288 g/mol. The Morgan fingerprint density at radius 3 is 2.95 bits per heavy atom. The number of carbonyl (C=O) groups excluding carboxylic acids is 2. The van der Waals surface area contributed by atoms with E-state index in [1.165, 1.54) is 6.08 Å². The Labute approximate surface area is 121 Å². The van der Waals surface area contributed by atoms with Crippen LogP contribution in [0, 0.1) is 0 Å². The second-order valence-electron chi connectivity index (χ2n) is 4.20. The molecule has 0 spiro atoms. The summed E-state index contributed by atoms with van der Waals surface area (Å²) < 4.78 is 4.73. The first-order valence-electron chi connectivity index (χ1n) is 6.43. The van der Waals surface area contributed by atoms with E-state index in [0.717, 1.165) is 11.0 Å². The molecule has 7 heteroatoms. The van der Waals surface area contributed by atoms with Crippen LogP contribution in [-0.4, -0.2) is 41.7 Å². The van der Waals surface area contributed by atoms with Crippen molar-refractivity contribution in [3.8, 4) is 0 Å². The van der Waals surface area contributed by atoms with E-state index < -0.39 is 6.09 Å². The van der Waals surface area contributed by atoms with Crippen LogP contribution in [-0.2, 0) is 4.74 Å². The zero-order chi connectivity index (χ0) is 15.1. The second-order valence-corrected chi connectivity index (χ2v) is 4.20. The number of amides is 2. The van der Waals surface area contributed by atoms with Gasteiger partial charge in [-0.1, -0.05) is 12.7 Å². The van der Waals surface area contributed by atoms with E-state index in [-0.39, 0.29) is 19.1 Å². The summed E-state index contributed by atoms with van der Waals surface area (Å²) in [6, 6.07) is 5.19. The molecule has 1 aromatic carbocycles. The molecule has 2 aromatic rings. The summed E-state index contributed by atoms with van der Waals surface area (Å²) in [5.41, 5.74) is 2.13. The van der Waals surface area contributed by atoms with Gasteiger partial charge in [-0.2, -0.15) is 0 Å². The number of ether oxygens (including phenoxy) is 1. The molecule has 0 aliphatic heterocycles. The van der Waals surface area contributed by atoms with Gasteiger partial charge in [0.05, 0.1) is 17.4 Å². The lowest BCUT2D eigenvalue weighted by Gasteiger charge is -2.07. The van der Waals surface area contributed by atoms with E-state index in [1.807, 2.05) is 0 Å². The molecule has 0 saturated carbocycles. The number of benzene rings is 1. The molecule has 2 amide bonds. The maximum Gasteiger partial charge on any atom is 0.407 e. The minimum absolute atomic E-state index is 0.155. The molecule has 0 bridgehead atoms. The van der Waals surface area contributed by atoms with Crippen molar-refractivity contribution in [2.75, 3.05) is 19.7 Å². The van der Waals surface area contributed by atoms with E-state index in [0.29, 0.717) is 12.1 Å². The van der Waals surface area contributed by atoms with E-state index in [4.69, 9.17) is 4.74 Å². The van der Waals surface area contributed by atoms with Crippen LogP contribution in [0.1, 0.15) is 10.4 Å². The van der Waals surface area contributed by atoms with Crippen LogP contribution in [0.4, 0.5) is 4.79 Å². The van der Waals surface area contributed by atoms with Gasteiger partial charge in [0.1, 0.15) is 6.61 Å². The standard InChI is InChI=1S/C14H16N4O3/c1-2-7-21-14(20)16-6-5-15-13(19)10-3-4-11-12(8-10)18-9-17-11/h2-4,8-9H,1,5-7H2,(H,15,19)(H,16,20)(H,17,18). The van der Waals surface area contributed by atoms with E-state index in [9.17, 15) is 9.59 Å². The van der Waals surface area contributed by atoms with Crippen LogP contribution >= 0.6 is 0 Å². The van der Waals surface area contributed by atoms with Crippen LogP contribution in [0.15, 0.2) is 37.2 Å². The zero-order valence-electron chi connectivity index (χ0n) is 11.4. The van der Waals surface area contributed by atoms with Gasteiger partial charge < -0.3 is 20.4 Å². The number of aromatic nitrogens is 2. The van der Waals surface area contributed by atoms with Crippen LogP contribution in [0.2, 0.25) is 0 Å². The van der Waals surface area contributed by atoms with Crippen molar-refractivity contribution in [2.45, 2.75) is 0 Å². The number of hydrogen-bond donors (Lipinski definition) is 3. The summed E-state index contributed by atoms with van der Waals surface area (Å²) in [6.07, 6.45) is 2.51. The number of imidazole rings is 1. The highest BCUT2D eigenvalue weighted by Gasteiger charge is 2.07. The van der Waals surface area contributed by atoms with Crippen molar-refractivity contribution in [1.82, 2.24) is 20.6 Å². The number of aromatic amines is 1. The molecule has 0 radical (unpaired) electrons. The Balaban J connectivity index is 1.76. The van der Waals surface area contributed by atoms with Gasteiger partial charge in [0.2, 0.25) is 0 Å². The molecule has 0 aliphatic rings. The Hall–Kier alpha value is -2.83. The van der Waals surface area contributed by atoms with Gasteiger partial charge in [-0.05, 0) is 18.2 Å². The van der Waals surface area contributed by atoms with E-state index in [1.54, 1.807) is 24.5 Å². The SMILES string of the molecule is C=CCOC(=O)NCCNC(=O)c1ccc2nc[nH]c2c1. The molecule has 3 N–H and O–H groups in total. The highest BCUT2D eigenvalue weighted by Crippen LogP contribution is 2.11. The fourth-order valence-corrected chi connectivity index (χ4v) is 1.71. The van der Waals surface area contributed by atoms with Crippen LogP contribution in [0.3, 0.4) is 0 Å². The normalized spacial score (nSPS) is 10.1. The fraction of sp³-hybridized carbons (Fsp3) is 0.214. The molecule has 21 heavy (non-hydrogen) atoms. The molecule has 1 heterocycles. The van der Waals surface area contributed by atoms with Crippen LogP contribution in [0.25, 0.3) is 11.0 Å². The van der Waals surface area contributed by atoms with Crippen molar-refractivity contribution >= 4 is 23.0 Å². The van der Waals surface area contributed by atoms with Gasteiger partial charge in [-0.15, -0.1) is 0 Å². The molecule has 0 aliphatic carbocycles. The molecule has 1 aromatic heterocycles. The van der Waals surface area contributed by atoms with Gasteiger partial charge in [0, 0.05) is 18.7 Å². The van der Waals surface area contributed by atoms with Crippen LogP contribution in [0.5, 0.6) is 0 Å². The first-order chi connectivity index (χ1) is 10.2. The molecular formula is C14H16N4O3. The molecule has 0 fully saturated rings. The molecule has 0 saturated heterocycles.